The minimum atomic E-state index is -0.632. The molecule has 3 heterocycles. The van der Waals surface area contributed by atoms with Gasteiger partial charge in [0.1, 0.15) is 6.04 Å². The zero-order valence-corrected chi connectivity index (χ0v) is 16.9. The molecule has 8 heteroatoms. The third-order valence-electron chi connectivity index (χ3n) is 6.17. The average molecular weight is 418 g/mol. The predicted octanol–water partition coefficient (Wildman–Crippen LogP) is 1.40. The van der Waals surface area contributed by atoms with Crippen LogP contribution in [-0.2, 0) is 34.0 Å². The molecule has 2 aromatic rings. The molecular formula is C23H22N4O4. The van der Waals surface area contributed by atoms with E-state index in [4.69, 9.17) is 0 Å². The van der Waals surface area contributed by atoms with Crippen molar-refractivity contribution in [3.63, 3.8) is 0 Å². The number of hydrogen-bond acceptors (Lipinski definition) is 5. The Hall–Kier alpha value is -3.68. The lowest BCUT2D eigenvalue weighted by atomic mass is 10.0. The molecule has 31 heavy (non-hydrogen) atoms. The fourth-order valence-electron chi connectivity index (χ4n) is 4.46. The number of piperidine rings is 1. The van der Waals surface area contributed by atoms with E-state index in [1.807, 2.05) is 36.4 Å². The summed E-state index contributed by atoms with van der Waals surface area (Å²) >= 11 is 0. The first-order valence-corrected chi connectivity index (χ1v) is 10.4. The molecule has 5 rings (SSSR count). The van der Waals surface area contributed by atoms with Crippen molar-refractivity contribution in [2.24, 2.45) is 0 Å². The molecule has 4 amide bonds. The van der Waals surface area contributed by atoms with Gasteiger partial charge in [-0.15, -0.1) is 0 Å². The third kappa shape index (κ3) is 3.54. The number of carbonyl (C=O) groups is 4. The number of fused-ring (bicyclic) bond motifs is 2. The summed E-state index contributed by atoms with van der Waals surface area (Å²) in [5, 5.41) is 5.43. The van der Waals surface area contributed by atoms with E-state index in [-0.39, 0.29) is 30.7 Å². The Morgan fingerprint density at radius 2 is 1.74 bits per heavy atom. The lowest BCUT2D eigenvalue weighted by molar-refractivity contribution is -0.137. The highest BCUT2D eigenvalue weighted by Gasteiger charge is 2.39. The number of anilines is 1. The lowest BCUT2D eigenvalue weighted by Crippen LogP contribution is -2.52. The summed E-state index contributed by atoms with van der Waals surface area (Å²) in [5.41, 5.74) is 4.39. The summed E-state index contributed by atoms with van der Waals surface area (Å²) in [6, 6.07) is 12.8. The van der Waals surface area contributed by atoms with Gasteiger partial charge >= 0.3 is 0 Å². The van der Waals surface area contributed by atoms with Crippen LogP contribution in [0.3, 0.4) is 0 Å². The summed E-state index contributed by atoms with van der Waals surface area (Å²) in [5.74, 6) is -0.960. The van der Waals surface area contributed by atoms with Crippen molar-refractivity contribution >= 4 is 29.3 Å². The van der Waals surface area contributed by atoms with Crippen molar-refractivity contribution in [1.82, 2.24) is 15.1 Å². The van der Waals surface area contributed by atoms with Crippen LogP contribution < -0.4 is 10.6 Å². The molecular weight excluding hydrogens is 396 g/mol. The SMILES string of the molecule is O=C1CCC(N2Cc3ccc(NCC(=O)N4Cc5ccccc5C4)cc3C2=O)C(=O)N1. The first-order valence-electron chi connectivity index (χ1n) is 10.4. The Labute approximate surface area is 179 Å². The minimum Gasteiger partial charge on any atom is -0.376 e. The molecule has 1 saturated heterocycles. The van der Waals surface area contributed by atoms with Crippen molar-refractivity contribution in [3.05, 3.63) is 64.7 Å². The number of hydrogen-bond donors (Lipinski definition) is 2. The summed E-state index contributed by atoms with van der Waals surface area (Å²) in [6.45, 7) is 1.70. The van der Waals surface area contributed by atoms with E-state index in [0.717, 1.165) is 5.56 Å². The summed E-state index contributed by atoms with van der Waals surface area (Å²) in [7, 11) is 0. The maximum Gasteiger partial charge on any atom is 0.255 e. The highest BCUT2D eigenvalue weighted by Crippen LogP contribution is 2.29. The lowest BCUT2D eigenvalue weighted by Gasteiger charge is -2.29. The van der Waals surface area contributed by atoms with Crippen molar-refractivity contribution in [3.8, 4) is 0 Å². The second kappa shape index (κ2) is 7.54. The number of carbonyl (C=O) groups excluding carboxylic acids is 4. The molecule has 158 valence electrons. The van der Waals surface area contributed by atoms with Crippen molar-refractivity contribution < 1.29 is 19.2 Å². The van der Waals surface area contributed by atoms with Crippen LogP contribution in [0, 0.1) is 0 Å². The molecule has 2 aromatic carbocycles. The molecule has 0 aliphatic carbocycles. The van der Waals surface area contributed by atoms with Gasteiger partial charge in [-0.25, -0.2) is 0 Å². The van der Waals surface area contributed by atoms with Crippen molar-refractivity contribution in [2.75, 3.05) is 11.9 Å². The van der Waals surface area contributed by atoms with Gasteiger partial charge in [-0.2, -0.15) is 0 Å². The van der Waals surface area contributed by atoms with E-state index >= 15 is 0 Å². The van der Waals surface area contributed by atoms with E-state index in [0.29, 0.717) is 37.3 Å². The minimum absolute atomic E-state index is 0.00630. The van der Waals surface area contributed by atoms with Crippen LogP contribution in [0.15, 0.2) is 42.5 Å². The highest BCUT2D eigenvalue weighted by atomic mass is 16.2. The second-order valence-corrected chi connectivity index (χ2v) is 8.14. The quantitative estimate of drug-likeness (QED) is 0.732. The standard InChI is InChI=1S/C23H22N4O4/c28-20-8-7-19(22(30)25-20)27-13-16-5-6-17(9-18(16)23(27)31)24-10-21(29)26-11-14-3-1-2-4-15(14)12-26/h1-6,9,19,24H,7-8,10-13H2,(H,25,28,30). The van der Waals surface area contributed by atoms with Crippen molar-refractivity contribution in [1.29, 1.82) is 0 Å². The van der Waals surface area contributed by atoms with Gasteiger partial charge in [0.05, 0.1) is 6.54 Å². The first-order chi connectivity index (χ1) is 15.0. The molecule has 8 nitrogen and oxygen atoms in total. The molecule has 1 unspecified atom stereocenters. The zero-order valence-electron chi connectivity index (χ0n) is 16.9. The Morgan fingerprint density at radius 1 is 1.00 bits per heavy atom. The summed E-state index contributed by atoms with van der Waals surface area (Å²) in [6.07, 6.45) is 0.564. The van der Waals surface area contributed by atoms with Gasteiger partial charge in [-0.1, -0.05) is 30.3 Å². The Balaban J connectivity index is 1.23. The Bertz CT molecular complexity index is 1090. The largest absolute Gasteiger partial charge is 0.376 e. The van der Waals surface area contributed by atoms with Gasteiger partial charge in [-0.3, -0.25) is 24.5 Å². The second-order valence-electron chi connectivity index (χ2n) is 8.14. The van der Waals surface area contributed by atoms with Crippen LogP contribution in [0.4, 0.5) is 5.69 Å². The van der Waals surface area contributed by atoms with Gasteiger partial charge < -0.3 is 15.1 Å². The normalized spacial score (nSPS) is 19.9. The average Bonchev–Trinajstić information content (AvgIpc) is 3.34. The number of nitrogens with zero attached hydrogens (tertiary/aromatic N) is 2. The maximum atomic E-state index is 12.9. The molecule has 0 bridgehead atoms. The Morgan fingerprint density at radius 3 is 2.45 bits per heavy atom. The van der Waals surface area contributed by atoms with Crippen LogP contribution in [0.25, 0.3) is 0 Å². The summed E-state index contributed by atoms with van der Waals surface area (Å²) in [4.78, 5) is 52.4. The first kappa shape index (κ1) is 19.3. The summed E-state index contributed by atoms with van der Waals surface area (Å²) < 4.78 is 0. The van der Waals surface area contributed by atoms with E-state index in [9.17, 15) is 19.2 Å². The Kier molecular flexibility index (Phi) is 4.69. The van der Waals surface area contributed by atoms with Gasteiger partial charge in [0.15, 0.2) is 0 Å². The monoisotopic (exact) mass is 418 g/mol. The van der Waals surface area contributed by atoms with Crippen LogP contribution in [0.5, 0.6) is 0 Å². The van der Waals surface area contributed by atoms with Crippen molar-refractivity contribution in [2.45, 2.75) is 38.5 Å². The molecule has 0 spiro atoms. The highest BCUT2D eigenvalue weighted by molar-refractivity contribution is 6.05. The third-order valence-corrected chi connectivity index (χ3v) is 6.17. The van der Waals surface area contributed by atoms with Gasteiger partial charge in [0.25, 0.3) is 5.91 Å². The predicted molar refractivity (Wildman–Crippen MR) is 112 cm³/mol. The van der Waals surface area contributed by atoms with Gasteiger partial charge in [0, 0.05) is 37.3 Å². The topological polar surface area (TPSA) is 98.8 Å². The zero-order chi connectivity index (χ0) is 21.5. The number of benzene rings is 2. The van der Waals surface area contributed by atoms with Crippen LogP contribution in [0.1, 0.15) is 39.9 Å². The number of amides is 4. The van der Waals surface area contributed by atoms with Gasteiger partial charge in [0.2, 0.25) is 17.7 Å². The van der Waals surface area contributed by atoms with Crippen LogP contribution >= 0.6 is 0 Å². The van der Waals surface area contributed by atoms with E-state index in [2.05, 4.69) is 10.6 Å². The van der Waals surface area contributed by atoms with E-state index in [1.54, 1.807) is 11.0 Å². The molecule has 2 N–H and O–H groups in total. The van der Waals surface area contributed by atoms with E-state index in [1.165, 1.54) is 16.0 Å². The number of rotatable bonds is 4. The van der Waals surface area contributed by atoms with Gasteiger partial charge in [-0.05, 0) is 35.2 Å². The molecule has 1 atom stereocenters. The van der Waals surface area contributed by atoms with E-state index < -0.39 is 11.9 Å². The van der Waals surface area contributed by atoms with Crippen LogP contribution in [-0.4, -0.2) is 46.0 Å². The molecule has 0 aromatic heterocycles. The fraction of sp³-hybridized carbons (Fsp3) is 0.304. The molecule has 3 aliphatic rings. The number of imide groups is 1. The molecule has 0 radical (unpaired) electrons. The maximum absolute atomic E-state index is 12.9. The molecule has 0 saturated carbocycles. The number of nitrogens with one attached hydrogen (secondary N) is 2. The fourth-order valence-corrected chi connectivity index (χ4v) is 4.46. The van der Waals surface area contributed by atoms with Crippen LogP contribution in [0.2, 0.25) is 0 Å². The molecule has 3 aliphatic heterocycles. The smallest absolute Gasteiger partial charge is 0.255 e. The molecule has 1 fully saturated rings.